The zero-order chi connectivity index (χ0) is 14.4. The molecule has 108 valence electrons. The number of aliphatic hydroxyl groups is 1. The molecule has 0 amide bonds. The molecule has 0 aromatic heterocycles. The van der Waals surface area contributed by atoms with E-state index < -0.39 is 6.10 Å². The first kappa shape index (κ1) is 16.2. The predicted molar refractivity (Wildman–Crippen MR) is 81.4 cm³/mol. The summed E-state index contributed by atoms with van der Waals surface area (Å²) in [6, 6.07) is 8.41. The molecule has 3 heteroatoms. The molecule has 19 heavy (non-hydrogen) atoms. The van der Waals surface area contributed by atoms with E-state index in [0.717, 1.165) is 25.1 Å². The maximum Gasteiger partial charge on any atom is 0.0942 e. The van der Waals surface area contributed by atoms with Gasteiger partial charge in [0.1, 0.15) is 0 Å². The number of hydrogen-bond donors (Lipinski definition) is 1. The molecule has 1 aromatic rings. The molecule has 0 heterocycles. The molecule has 0 saturated heterocycles. The van der Waals surface area contributed by atoms with Gasteiger partial charge < -0.3 is 10.0 Å². The highest BCUT2D eigenvalue weighted by atomic mass is 16.3. The lowest BCUT2D eigenvalue weighted by molar-refractivity contribution is 0.0693. The third-order valence-electron chi connectivity index (χ3n) is 3.78. The van der Waals surface area contributed by atoms with Crippen LogP contribution >= 0.6 is 0 Å². The van der Waals surface area contributed by atoms with Gasteiger partial charge in [-0.15, -0.1) is 0 Å². The van der Waals surface area contributed by atoms with E-state index >= 15 is 0 Å². The first-order valence-corrected chi connectivity index (χ1v) is 7.07. The van der Waals surface area contributed by atoms with Crippen LogP contribution < -0.4 is 0 Å². The molecular formula is C16H28N2O. The molecule has 1 N–H and O–H groups in total. The number of aryl methyl sites for hydroxylation is 1. The zero-order valence-corrected chi connectivity index (χ0v) is 12.9. The van der Waals surface area contributed by atoms with Gasteiger partial charge in [0.25, 0.3) is 0 Å². The highest BCUT2D eigenvalue weighted by Crippen LogP contribution is 2.20. The van der Waals surface area contributed by atoms with Crippen LogP contribution in [0.5, 0.6) is 0 Å². The van der Waals surface area contributed by atoms with Crippen molar-refractivity contribution in [2.75, 3.05) is 34.2 Å². The van der Waals surface area contributed by atoms with Gasteiger partial charge in [-0.05, 0) is 45.6 Å². The summed E-state index contributed by atoms with van der Waals surface area (Å²) in [6.45, 7) is 6.18. The van der Waals surface area contributed by atoms with Crippen molar-refractivity contribution >= 4 is 0 Å². The Morgan fingerprint density at radius 1 is 1.05 bits per heavy atom. The Hall–Kier alpha value is -0.900. The molecule has 3 nitrogen and oxygen atoms in total. The van der Waals surface area contributed by atoms with Gasteiger partial charge in [-0.1, -0.05) is 31.2 Å². The standard InChI is InChI=1S/C16H28N2O/c1-6-14-7-9-15(10-8-14)16(19)13(2)18(5)12-11-17(3)4/h7-10,13,16,19H,6,11-12H2,1-5H3. The first-order valence-electron chi connectivity index (χ1n) is 7.07. The van der Waals surface area contributed by atoms with Crippen LogP contribution in [0.3, 0.4) is 0 Å². The second-order valence-corrected chi connectivity index (χ2v) is 5.56. The Kier molecular flexibility index (Phi) is 6.49. The molecule has 0 fully saturated rings. The van der Waals surface area contributed by atoms with E-state index in [4.69, 9.17) is 0 Å². The number of rotatable bonds is 7. The summed E-state index contributed by atoms with van der Waals surface area (Å²) in [7, 11) is 6.20. The summed E-state index contributed by atoms with van der Waals surface area (Å²) in [5.41, 5.74) is 2.31. The van der Waals surface area contributed by atoms with Crippen LogP contribution in [0.25, 0.3) is 0 Å². The van der Waals surface area contributed by atoms with Crippen molar-refractivity contribution in [1.82, 2.24) is 9.80 Å². The van der Waals surface area contributed by atoms with E-state index in [1.54, 1.807) is 0 Å². The maximum atomic E-state index is 10.4. The van der Waals surface area contributed by atoms with Gasteiger partial charge in [0.2, 0.25) is 0 Å². The third kappa shape index (κ3) is 4.94. The normalized spacial score (nSPS) is 14.9. The fraction of sp³-hybridized carbons (Fsp3) is 0.625. The number of nitrogens with zero attached hydrogens (tertiary/aromatic N) is 2. The Labute approximate surface area is 117 Å². The summed E-state index contributed by atoms with van der Waals surface area (Å²) < 4.78 is 0. The van der Waals surface area contributed by atoms with Crippen LogP contribution in [0.15, 0.2) is 24.3 Å². The highest BCUT2D eigenvalue weighted by molar-refractivity contribution is 5.24. The molecule has 0 radical (unpaired) electrons. The lowest BCUT2D eigenvalue weighted by Crippen LogP contribution is -2.38. The van der Waals surface area contributed by atoms with E-state index in [9.17, 15) is 5.11 Å². The van der Waals surface area contributed by atoms with Crippen molar-refractivity contribution in [3.8, 4) is 0 Å². The molecule has 2 unspecified atom stereocenters. The lowest BCUT2D eigenvalue weighted by atomic mass is 10.0. The summed E-state index contributed by atoms with van der Waals surface area (Å²) in [5.74, 6) is 0. The minimum absolute atomic E-state index is 0.118. The van der Waals surface area contributed by atoms with Gasteiger partial charge in [-0.3, -0.25) is 4.90 Å². The van der Waals surface area contributed by atoms with Gasteiger partial charge in [0.05, 0.1) is 6.10 Å². The predicted octanol–water partition coefficient (Wildman–Crippen LogP) is 2.16. The molecule has 1 aromatic carbocycles. The fourth-order valence-electron chi connectivity index (χ4n) is 2.03. The second-order valence-electron chi connectivity index (χ2n) is 5.56. The van der Waals surface area contributed by atoms with E-state index in [1.165, 1.54) is 5.56 Å². The lowest BCUT2D eigenvalue weighted by Gasteiger charge is -2.30. The van der Waals surface area contributed by atoms with E-state index in [1.807, 2.05) is 12.1 Å². The van der Waals surface area contributed by atoms with Crippen LogP contribution in [0.4, 0.5) is 0 Å². The van der Waals surface area contributed by atoms with Gasteiger partial charge in [0, 0.05) is 19.1 Å². The Morgan fingerprint density at radius 3 is 2.11 bits per heavy atom. The molecule has 0 saturated carbocycles. The highest BCUT2D eigenvalue weighted by Gasteiger charge is 2.20. The average Bonchev–Trinajstić information content (AvgIpc) is 2.43. The van der Waals surface area contributed by atoms with Gasteiger partial charge >= 0.3 is 0 Å². The largest absolute Gasteiger partial charge is 0.387 e. The summed E-state index contributed by atoms with van der Waals surface area (Å²) in [4.78, 5) is 4.37. The topological polar surface area (TPSA) is 26.7 Å². The van der Waals surface area contributed by atoms with Gasteiger partial charge in [-0.25, -0.2) is 0 Å². The third-order valence-corrected chi connectivity index (χ3v) is 3.78. The molecule has 0 spiro atoms. The smallest absolute Gasteiger partial charge is 0.0942 e. The summed E-state index contributed by atoms with van der Waals surface area (Å²) in [6.07, 6.45) is 0.604. The Balaban J connectivity index is 2.61. The zero-order valence-electron chi connectivity index (χ0n) is 12.9. The molecular weight excluding hydrogens is 236 g/mol. The minimum Gasteiger partial charge on any atom is -0.387 e. The number of likely N-dealkylation sites (N-methyl/N-ethyl adjacent to an activating group) is 2. The molecule has 2 atom stereocenters. The SMILES string of the molecule is CCc1ccc(C(O)C(C)N(C)CCN(C)C)cc1. The van der Waals surface area contributed by atoms with Crippen molar-refractivity contribution in [2.45, 2.75) is 32.4 Å². The quantitative estimate of drug-likeness (QED) is 0.817. The minimum atomic E-state index is -0.432. The van der Waals surface area contributed by atoms with Crippen molar-refractivity contribution in [3.05, 3.63) is 35.4 Å². The van der Waals surface area contributed by atoms with Crippen molar-refractivity contribution in [1.29, 1.82) is 0 Å². The number of hydrogen-bond acceptors (Lipinski definition) is 3. The van der Waals surface area contributed by atoms with Crippen molar-refractivity contribution in [3.63, 3.8) is 0 Å². The fourth-order valence-corrected chi connectivity index (χ4v) is 2.03. The molecule has 1 rings (SSSR count). The Morgan fingerprint density at radius 2 is 1.63 bits per heavy atom. The molecule has 0 aliphatic heterocycles. The Bertz CT molecular complexity index is 362. The first-order chi connectivity index (χ1) is 8.95. The summed E-state index contributed by atoms with van der Waals surface area (Å²) >= 11 is 0. The van der Waals surface area contributed by atoms with E-state index in [2.05, 4.69) is 56.9 Å². The van der Waals surface area contributed by atoms with Crippen molar-refractivity contribution < 1.29 is 5.11 Å². The second kappa shape index (κ2) is 7.63. The van der Waals surface area contributed by atoms with Crippen LogP contribution in [-0.4, -0.2) is 55.2 Å². The molecule has 0 aliphatic rings. The number of aliphatic hydroxyl groups excluding tert-OH is 1. The van der Waals surface area contributed by atoms with Crippen LogP contribution in [0, 0.1) is 0 Å². The average molecular weight is 264 g/mol. The molecule has 0 bridgehead atoms. The van der Waals surface area contributed by atoms with Crippen molar-refractivity contribution in [2.24, 2.45) is 0 Å². The van der Waals surface area contributed by atoms with E-state index in [0.29, 0.717) is 0 Å². The van der Waals surface area contributed by atoms with Crippen LogP contribution in [-0.2, 0) is 6.42 Å². The molecule has 0 aliphatic carbocycles. The van der Waals surface area contributed by atoms with Crippen LogP contribution in [0.1, 0.15) is 31.1 Å². The summed E-state index contributed by atoms with van der Waals surface area (Å²) in [5, 5.41) is 10.4. The van der Waals surface area contributed by atoms with Crippen LogP contribution in [0.2, 0.25) is 0 Å². The van der Waals surface area contributed by atoms with Gasteiger partial charge in [0.15, 0.2) is 0 Å². The van der Waals surface area contributed by atoms with E-state index in [-0.39, 0.29) is 6.04 Å². The van der Waals surface area contributed by atoms with Gasteiger partial charge in [-0.2, -0.15) is 0 Å². The number of benzene rings is 1. The maximum absolute atomic E-state index is 10.4. The monoisotopic (exact) mass is 264 g/mol.